The van der Waals surface area contributed by atoms with E-state index < -0.39 is 0 Å². The third-order valence-electron chi connectivity index (χ3n) is 4.98. The van der Waals surface area contributed by atoms with Crippen LogP contribution in [0.4, 0.5) is 4.79 Å². The fourth-order valence-corrected chi connectivity index (χ4v) is 4.04. The van der Waals surface area contributed by atoms with Crippen LogP contribution in [0.2, 0.25) is 0 Å². The van der Waals surface area contributed by atoms with Gasteiger partial charge in [-0.15, -0.1) is 0 Å². The van der Waals surface area contributed by atoms with Crippen molar-refractivity contribution in [1.82, 2.24) is 10.0 Å². The highest BCUT2D eigenvalue weighted by molar-refractivity contribution is 5.69. The molecule has 24 heavy (non-hydrogen) atoms. The molecule has 124 valence electrons. The molecule has 2 aromatic carbocycles. The molecule has 2 aromatic rings. The molecule has 0 spiro atoms. The predicted molar refractivity (Wildman–Crippen MR) is 92.1 cm³/mol. The van der Waals surface area contributed by atoms with Gasteiger partial charge in [0.2, 0.25) is 0 Å². The Labute approximate surface area is 142 Å². The summed E-state index contributed by atoms with van der Waals surface area (Å²) in [6.07, 6.45) is 0.791. The predicted octanol–water partition coefficient (Wildman–Crippen LogP) is 3.79. The van der Waals surface area contributed by atoms with Gasteiger partial charge >= 0.3 is 6.09 Å². The van der Waals surface area contributed by atoms with E-state index in [2.05, 4.69) is 41.4 Å². The van der Waals surface area contributed by atoms with Gasteiger partial charge in [0.25, 0.3) is 0 Å². The monoisotopic (exact) mass is 322 g/mol. The minimum Gasteiger partial charge on any atom is -0.449 e. The maximum Gasteiger partial charge on any atom is 0.425 e. The highest BCUT2D eigenvalue weighted by Crippen LogP contribution is 2.46. The lowest BCUT2D eigenvalue weighted by Crippen LogP contribution is -2.42. The maximum atomic E-state index is 12.7. The second kappa shape index (κ2) is 6.29. The van der Waals surface area contributed by atoms with E-state index in [9.17, 15) is 4.79 Å². The quantitative estimate of drug-likeness (QED) is 0.862. The molecule has 4 rings (SSSR count). The fraction of sp³-hybridized carbons (Fsp3) is 0.350. The van der Waals surface area contributed by atoms with Crippen molar-refractivity contribution in [2.75, 3.05) is 13.2 Å². The third kappa shape index (κ3) is 2.57. The van der Waals surface area contributed by atoms with Gasteiger partial charge in [0, 0.05) is 19.0 Å². The SMILES string of the molecule is CCOC(=O)N1C2c3ccccc3CC2CN1Cc1ccccc1. The number of hydrogen-bond donors (Lipinski definition) is 0. The molecule has 0 saturated carbocycles. The van der Waals surface area contributed by atoms with Crippen LogP contribution < -0.4 is 0 Å². The Kier molecular flexibility index (Phi) is 3.98. The number of nitrogens with zero attached hydrogens (tertiary/aromatic N) is 2. The van der Waals surface area contributed by atoms with Crippen LogP contribution in [-0.4, -0.2) is 29.3 Å². The van der Waals surface area contributed by atoms with Crippen molar-refractivity contribution >= 4 is 6.09 Å². The second-order valence-electron chi connectivity index (χ2n) is 6.48. The maximum absolute atomic E-state index is 12.7. The standard InChI is InChI=1S/C20H22N2O2/c1-2-24-20(23)22-19-17(12-16-10-6-7-11-18(16)19)14-21(22)13-15-8-4-3-5-9-15/h3-11,17,19H,2,12-14H2,1H3. The summed E-state index contributed by atoms with van der Waals surface area (Å²) in [7, 11) is 0. The molecule has 2 unspecified atom stereocenters. The summed E-state index contributed by atoms with van der Waals surface area (Å²) in [5, 5.41) is 4.01. The Balaban J connectivity index is 1.65. The van der Waals surface area contributed by atoms with Gasteiger partial charge in [0.05, 0.1) is 12.6 Å². The molecule has 0 bridgehead atoms. The van der Waals surface area contributed by atoms with Crippen LogP contribution in [0, 0.1) is 5.92 Å². The summed E-state index contributed by atoms with van der Waals surface area (Å²) < 4.78 is 5.36. The molecule has 0 N–H and O–H groups in total. The summed E-state index contributed by atoms with van der Waals surface area (Å²) in [5.41, 5.74) is 3.84. The van der Waals surface area contributed by atoms with Crippen LogP contribution in [0.1, 0.15) is 29.7 Å². The van der Waals surface area contributed by atoms with E-state index >= 15 is 0 Å². The lowest BCUT2D eigenvalue weighted by Gasteiger charge is -2.31. The van der Waals surface area contributed by atoms with Crippen LogP contribution in [0.15, 0.2) is 54.6 Å². The van der Waals surface area contributed by atoms with Crippen molar-refractivity contribution in [3.05, 3.63) is 71.3 Å². The first-order valence-electron chi connectivity index (χ1n) is 8.60. The number of rotatable bonds is 3. The van der Waals surface area contributed by atoms with Crippen molar-refractivity contribution in [1.29, 1.82) is 0 Å². The average Bonchev–Trinajstić information content (AvgIpc) is 3.11. The van der Waals surface area contributed by atoms with Crippen LogP contribution in [0.3, 0.4) is 0 Å². The zero-order chi connectivity index (χ0) is 16.5. The molecule has 4 nitrogen and oxygen atoms in total. The van der Waals surface area contributed by atoms with Crippen LogP contribution >= 0.6 is 0 Å². The van der Waals surface area contributed by atoms with Crippen LogP contribution in [0.5, 0.6) is 0 Å². The molecule has 2 atom stereocenters. The molecule has 1 saturated heterocycles. The minimum absolute atomic E-state index is 0.101. The Morgan fingerprint density at radius 3 is 2.67 bits per heavy atom. The third-order valence-corrected chi connectivity index (χ3v) is 4.98. The lowest BCUT2D eigenvalue weighted by atomic mass is 10.0. The molecular weight excluding hydrogens is 300 g/mol. The Hall–Kier alpha value is -2.33. The first kappa shape index (κ1) is 15.2. The molecule has 1 amide bonds. The summed E-state index contributed by atoms with van der Waals surface area (Å²) in [4.78, 5) is 12.7. The molecule has 1 fully saturated rings. The molecule has 0 radical (unpaired) electrons. The van der Waals surface area contributed by atoms with Gasteiger partial charge in [-0.3, -0.25) is 0 Å². The number of fused-ring (bicyclic) bond motifs is 3. The van der Waals surface area contributed by atoms with Crippen molar-refractivity contribution < 1.29 is 9.53 Å². The number of carbonyl (C=O) groups is 1. The number of hydrazine groups is 1. The Morgan fingerprint density at radius 2 is 1.88 bits per heavy atom. The Morgan fingerprint density at radius 1 is 1.12 bits per heavy atom. The molecule has 1 aliphatic carbocycles. The zero-order valence-electron chi connectivity index (χ0n) is 13.9. The molecule has 4 heteroatoms. The minimum atomic E-state index is -0.238. The first-order valence-corrected chi connectivity index (χ1v) is 8.60. The Bertz CT molecular complexity index is 731. The van der Waals surface area contributed by atoms with Gasteiger partial charge in [-0.1, -0.05) is 54.6 Å². The molecule has 0 aromatic heterocycles. The van der Waals surface area contributed by atoms with Crippen molar-refractivity contribution in [3.8, 4) is 0 Å². The van der Waals surface area contributed by atoms with E-state index in [4.69, 9.17) is 4.74 Å². The van der Waals surface area contributed by atoms with Gasteiger partial charge in [0.15, 0.2) is 0 Å². The molecule has 1 heterocycles. The van der Waals surface area contributed by atoms with Crippen molar-refractivity contribution in [3.63, 3.8) is 0 Å². The summed E-state index contributed by atoms with van der Waals surface area (Å²) >= 11 is 0. The number of hydrogen-bond acceptors (Lipinski definition) is 3. The summed E-state index contributed by atoms with van der Waals surface area (Å²) in [6, 6.07) is 18.9. The van der Waals surface area contributed by atoms with Gasteiger partial charge in [-0.25, -0.2) is 14.8 Å². The summed E-state index contributed by atoms with van der Waals surface area (Å²) in [5.74, 6) is 0.440. The average molecular weight is 322 g/mol. The number of carbonyl (C=O) groups excluding carboxylic acids is 1. The van der Waals surface area contributed by atoms with E-state index in [1.165, 1.54) is 16.7 Å². The lowest BCUT2D eigenvalue weighted by molar-refractivity contribution is -0.0113. The van der Waals surface area contributed by atoms with E-state index in [-0.39, 0.29) is 12.1 Å². The van der Waals surface area contributed by atoms with Crippen molar-refractivity contribution in [2.45, 2.75) is 25.9 Å². The normalized spacial score (nSPS) is 22.3. The van der Waals surface area contributed by atoms with Gasteiger partial charge in [0.1, 0.15) is 0 Å². The molecular formula is C20H22N2O2. The van der Waals surface area contributed by atoms with E-state index in [0.717, 1.165) is 19.5 Å². The van der Waals surface area contributed by atoms with E-state index in [1.807, 2.05) is 30.1 Å². The topological polar surface area (TPSA) is 32.8 Å². The zero-order valence-corrected chi connectivity index (χ0v) is 13.9. The highest BCUT2D eigenvalue weighted by atomic mass is 16.6. The molecule has 2 aliphatic rings. The van der Waals surface area contributed by atoms with E-state index in [0.29, 0.717) is 12.5 Å². The van der Waals surface area contributed by atoms with Gasteiger partial charge < -0.3 is 4.74 Å². The van der Waals surface area contributed by atoms with Crippen LogP contribution in [-0.2, 0) is 17.7 Å². The first-order chi connectivity index (χ1) is 11.8. The number of benzene rings is 2. The number of ether oxygens (including phenoxy) is 1. The van der Waals surface area contributed by atoms with Gasteiger partial charge in [-0.2, -0.15) is 0 Å². The van der Waals surface area contributed by atoms with Crippen LogP contribution in [0.25, 0.3) is 0 Å². The summed E-state index contributed by atoms with van der Waals surface area (Å²) in [6.45, 7) is 3.87. The molecule has 1 aliphatic heterocycles. The van der Waals surface area contributed by atoms with Gasteiger partial charge in [-0.05, 0) is 30.0 Å². The smallest absolute Gasteiger partial charge is 0.425 e. The van der Waals surface area contributed by atoms with E-state index in [1.54, 1.807) is 0 Å². The second-order valence-corrected chi connectivity index (χ2v) is 6.48. The highest BCUT2D eigenvalue weighted by Gasteiger charge is 2.48. The van der Waals surface area contributed by atoms with Crippen molar-refractivity contribution in [2.24, 2.45) is 5.92 Å². The number of amides is 1. The largest absolute Gasteiger partial charge is 0.449 e. The fourth-order valence-electron chi connectivity index (χ4n) is 4.04.